The molecule has 8 heteroatoms. The topological polar surface area (TPSA) is 150 Å². The number of carbonyl (C=O) groups is 1. The summed E-state index contributed by atoms with van der Waals surface area (Å²) in [6.45, 7) is 5.91. The van der Waals surface area contributed by atoms with E-state index >= 15 is 0 Å². The molecular weight excluding hydrogens is 354 g/mol. The minimum atomic E-state index is -0.502. The number of nitrogens with one attached hydrogen (secondary N) is 1. The summed E-state index contributed by atoms with van der Waals surface area (Å²) in [5.74, 6) is 0.787. The van der Waals surface area contributed by atoms with Crippen molar-refractivity contribution in [1.82, 2.24) is 20.6 Å². The molecule has 0 saturated heterocycles. The zero-order chi connectivity index (χ0) is 20.3. The number of allylic oxidation sites excluding steroid dienone is 1. The number of aromatic amines is 1. The predicted molar refractivity (Wildman–Crippen MR) is 107 cm³/mol. The molecule has 1 saturated carbocycles. The van der Waals surface area contributed by atoms with E-state index in [1.54, 1.807) is 12.1 Å². The van der Waals surface area contributed by atoms with Gasteiger partial charge in [-0.3, -0.25) is 4.79 Å². The SMILES string of the molecule is C=C(N)C1CCC(C(C[C@H](C)N)(c2ccc(C(N)=O)cc2)c2nn[nH]n2)CC1. The van der Waals surface area contributed by atoms with Crippen LogP contribution in [0.4, 0.5) is 0 Å². The molecule has 1 aromatic carbocycles. The second kappa shape index (κ2) is 8.10. The van der Waals surface area contributed by atoms with E-state index in [4.69, 9.17) is 17.2 Å². The molecule has 2 atom stereocenters. The van der Waals surface area contributed by atoms with Gasteiger partial charge in [0.15, 0.2) is 5.82 Å². The smallest absolute Gasteiger partial charge is 0.248 e. The first-order valence-electron chi connectivity index (χ1n) is 9.68. The van der Waals surface area contributed by atoms with Gasteiger partial charge >= 0.3 is 0 Å². The van der Waals surface area contributed by atoms with Crippen LogP contribution in [0.5, 0.6) is 0 Å². The molecule has 3 rings (SSSR count). The number of benzene rings is 1. The summed E-state index contributed by atoms with van der Waals surface area (Å²) >= 11 is 0. The Morgan fingerprint density at radius 1 is 1.25 bits per heavy atom. The van der Waals surface area contributed by atoms with Crippen LogP contribution < -0.4 is 17.2 Å². The molecule has 1 amide bonds. The second-order valence-electron chi connectivity index (χ2n) is 7.95. The van der Waals surface area contributed by atoms with Crippen LogP contribution in [0.3, 0.4) is 0 Å². The number of rotatable bonds is 7. The molecule has 0 bridgehead atoms. The zero-order valence-corrected chi connectivity index (χ0v) is 16.3. The summed E-state index contributed by atoms with van der Waals surface area (Å²) in [5, 5.41) is 15.2. The highest BCUT2D eigenvalue weighted by Gasteiger charge is 2.47. The zero-order valence-electron chi connectivity index (χ0n) is 16.3. The lowest BCUT2D eigenvalue weighted by Crippen LogP contribution is -2.44. The van der Waals surface area contributed by atoms with E-state index in [0.29, 0.717) is 23.7 Å². The van der Waals surface area contributed by atoms with Crippen molar-refractivity contribution in [3.8, 4) is 0 Å². The highest BCUT2D eigenvalue weighted by molar-refractivity contribution is 5.92. The fraction of sp³-hybridized carbons (Fsp3) is 0.500. The van der Waals surface area contributed by atoms with Crippen LogP contribution in [0.2, 0.25) is 0 Å². The number of amides is 1. The Morgan fingerprint density at radius 2 is 1.89 bits per heavy atom. The molecular formula is C20H29N7O. The number of nitrogens with zero attached hydrogens (tertiary/aromatic N) is 3. The largest absolute Gasteiger partial charge is 0.402 e. The van der Waals surface area contributed by atoms with Crippen LogP contribution in [-0.4, -0.2) is 32.6 Å². The Kier molecular flexibility index (Phi) is 5.79. The minimum absolute atomic E-state index is 0.0727. The van der Waals surface area contributed by atoms with Crippen molar-refractivity contribution in [2.24, 2.45) is 29.0 Å². The number of hydrogen-bond acceptors (Lipinski definition) is 6. The summed E-state index contributed by atoms with van der Waals surface area (Å²) in [6.07, 6.45) is 4.52. The Labute approximate surface area is 164 Å². The molecule has 1 aromatic heterocycles. The number of hydrogen-bond donors (Lipinski definition) is 4. The van der Waals surface area contributed by atoms with Crippen LogP contribution in [0.25, 0.3) is 0 Å². The molecule has 0 radical (unpaired) electrons. The maximum absolute atomic E-state index is 11.5. The van der Waals surface area contributed by atoms with Crippen LogP contribution in [-0.2, 0) is 5.41 Å². The Hall–Kier alpha value is -2.74. The lowest BCUT2D eigenvalue weighted by molar-refractivity contribution is 0.1000. The van der Waals surface area contributed by atoms with Gasteiger partial charge < -0.3 is 17.2 Å². The third kappa shape index (κ3) is 3.77. The van der Waals surface area contributed by atoms with Gasteiger partial charge in [0.2, 0.25) is 5.91 Å². The number of nitrogens with two attached hydrogens (primary N) is 3. The Morgan fingerprint density at radius 3 is 2.36 bits per heavy atom. The standard InChI is InChI=1S/C20H29N7O/c1-12(21)11-20(19-24-26-27-25-19,16-7-3-14(4-8-16)13(2)22)17-9-5-15(6-10-17)18(23)28/h5-6,9-10,12,14,16H,2-4,7-8,11,21-22H2,1H3,(H2,23,28)(H,24,25,26,27)/t12-,14?,16?,20?/m0/s1. The molecule has 150 valence electrons. The van der Waals surface area contributed by atoms with Gasteiger partial charge in [-0.05, 0) is 68.6 Å². The Bertz CT molecular complexity index is 808. The van der Waals surface area contributed by atoms with Gasteiger partial charge in [-0.1, -0.05) is 23.9 Å². The monoisotopic (exact) mass is 383 g/mol. The van der Waals surface area contributed by atoms with Crippen molar-refractivity contribution in [2.45, 2.75) is 50.5 Å². The molecule has 2 aromatic rings. The first-order chi connectivity index (χ1) is 13.3. The average Bonchev–Trinajstić information content (AvgIpc) is 3.21. The van der Waals surface area contributed by atoms with Crippen molar-refractivity contribution in [1.29, 1.82) is 0 Å². The average molecular weight is 384 g/mol. The van der Waals surface area contributed by atoms with Gasteiger partial charge in [-0.15, -0.1) is 10.2 Å². The molecule has 1 unspecified atom stereocenters. The van der Waals surface area contributed by atoms with E-state index in [1.165, 1.54) is 0 Å². The van der Waals surface area contributed by atoms with E-state index in [0.717, 1.165) is 36.9 Å². The first kappa shape index (κ1) is 20.0. The lowest BCUT2D eigenvalue weighted by atomic mass is 9.60. The van der Waals surface area contributed by atoms with Crippen molar-refractivity contribution in [3.63, 3.8) is 0 Å². The molecule has 1 aliphatic rings. The number of tetrazole rings is 1. The number of aromatic nitrogens is 4. The predicted octanol–water partition coefficient (Wildman–Crippen LogP) is 1.60. The molecule has 1 heterocycles. The van der Waals surface area contributed by atoms with Crippen LogP contribution in [0.15, 0.2) is 36.5 Å². The number of carbonyl (C=O) groups excluding carboxylic acids is 1. The van der Waals surface area contributed by atoms with E-state index in [2.05, 4.69) is 27.2 Å². The molecule has 0 aliphatic heterocycles. The summed E-state index contributed by atoms with van der Waals surface area (Å²) in [7, 11) is 0. The van der Waals surface area contributed by atoms with Crippen LogP contribution in [0.1, 0.15) is 60.8 Å². The quantitative estimate of drug-likeness (QED) is 0.570. The van der Waals surface area contributed by atoms with Crippen LogP contribution >= 0.6 is 0 Å². The van der Waals surface area contributed by atoms with Gasteiger partial charge in [0.05, 0.1) is 5.41 Å². The summed E-state index contributed by atoms with van der Waals surface area (Å²) in [6, 6.07) is 7.30. The summed E-state index contributed by atoms with van der Waals surface area (Å²) in [4.78, 5) is 11.5. The molecule has 8 nitrogen and oxygen atoms in total. The molecule has 1 aliphatic carbocycles. The third-order valence-corrected chi connectivity index (χ3v) is 6.02. The highest BCUT2D eigenvalue weighted by Crippen LogP contribution is 2.48. The van der Waals surface area contributed by atoms with E-state index in [-0.39, 0.29) is 12.0 Å². The van der Waals surface area contributed by atoms with E-state index in [9.17, 15) is 4.79 Å². The van der Waals surface area contributed by atoms with Gasteiger partial charge in [-0.25, -0.2) is 0 Å². The highest BCUT2D eigenvalue weighted by atomic mass is 16.1. The van der Waals surface area contributed by atoms with Crippen molar-refractivity contribution < 1.29 is 4.79 Å². The maximum atomic E-state index is 11.5. The van der Waals surface area contributed by atoms with Gasteiger partial charge in [0.1, 0.15) is 0 Å². The fourth-order valence-electron chi connectivity index (χ4n) is 4.67. The molecule has 28 heavy (non-hydrogen) atoms. The van der Waals surface area contributed by atoms with Gasteiger partial charge in [-0.2, -0.15) is 5.21 Å². The normalized spacial score (nSPS) is 22.9. The summed E-state index contributed by atoms with van der Waals surface area (Å²) < 4.78 is 0. The van der Waals surface area contributed by atoms with Crippen LogP contribution in [0, 0.1) is 11.8 Å². The molecule has 7 N–H and O–H groups in total. The maximum Gasteiger partial charge on any atom is 0.248 e. The fourth-order valence-corrected chi connectivity index (χ4v) is 4.67. The molecule has 0 spiro atoms. The van der Waals surface area contributed by atoms with E-state index in [1.807, 2.05) is 19.1 Å². The Balaban J connectivity index is 2.07. The van der Waals surface area contributed by atoms with Crippen molar-refractivity contribution in [3.05, 3.63) is 53.5 Å². The minimum Gasteiger partial charge on any atom is -0.402 e. The third-order valence-electron chi connectivity index (χ3n) is 6.02. The van der Waals surface area contributed by atoms with E-state index < -0.39 is 11.3 Å². The van der Waals surface area contributed by atoms with Gasteiger partial charge in [0.25, 0.3) is 0 Å². The number of H-pyrrole nitrogens is 1. The molecule has 1 fully saturated rings. The van der Waals surface area contributed by atoms with Gasteiger partial charge in [0, 0.05) is 17.3 Å². The number of primary amides is 1. The summed E-state index contributed by atoms with van der Waals surface area (Å²) in [5.41, 5.74) is 19.4. The van der Waals surface area contributed by atoms with Crippen molar-refractivity contribution in [2.75, 3.05) is 0 Å². The first-order valence-corrected chi connectivity index (χ1v) is 9.68. The van der Waals surface area contributed by atoms with Crippen molar-refractivity contribution >= 4 is 5.91 Å². The second-order valence-corrected chi connectivity index (χ2v) is 7.95. The lowest BCUT2D eigenvalue weighted by Gasteiger charge is -2.43.